The molecule has 8 nitrogen and oxygen atoms in total. The molecule has 0 radical (unpaired) electrons. The van der Waals surface area contributed by atoms with Gasteiger partial charge in [-0.1, -0.05) is 0 Å². The van der Waals surface area contributed by atoms with E-state index in [4.69, 9.17) is 23.4 Å². The summed E-state index contributed by atoms with van der Waals surface area (Å²) in [5, 5.41) is 6.11. The Balaban J connectivity index is 1.37. The first-order valence-electron chi connectivity index (χ1n) is 11.1. The van der Waals surface area contributed by atoms with Gasteiger partial charge in [0.1, 0.15) is 23.3 Å². The molecule has 1 aromatic carbocycles. The van der Waals surface area contributed by atoms with Gasteiger partial charge in [-0.15, -0.1) is 0 Å². The predicted molar refractivity (Wildman–Crippen MR) is 123 cm³/mol. The highest BCUT2D eigenvalue weighted by Crippen LogP contribution is 2.44. The molecule has 0 N–H and O–H groups in total. The second kappa shape index (κ2) is 9.43. The first-order valence-corrected chi connectivity index (χ1v) is 11.1. The molecule has 1 aliphatic heterocycles. The van der Waals surface area contributed by atoms with E-state index in [1.165, 1.54) is 5.01 Å². The lowest BCUT2D eigenvalue weighted by Crippen LogP contribution is -2.34. The number of ether oxygens (including phenoxy) is 2. The summed E-state index contributed by atoms with van der Waals surface area (Å²) in [4.78, 5) is 25.6. The van der Waals surface area contributed by atoms with Crippen molar-refractivity contribution in [3.63, 3.8) is 0 Å². The SMILES string of the molecule is COc1ccc(C(=O)OCC(=O)N2N=C3C(=Cc4ccco4)CCCC3C2c2ccco2)cc1. The molecule has 2 aromatic heterocycles. The number of benzene rings is 1. The molecule has 0 spiro atoms. The van der Waals surface area contributed by atoms with Gasteiger partial charge in [-0.3, -0.25) is 4.79 Å². The molecule has 3 heterocycles. The molecule has 2 aliphatic rings. The van der Waals surface area contributed by atoms with Gasteiger partial charge in [-0.05, 0) is 79.4 Å². The van der Waals surface area contributed by atoms with Gasteiger partial charge < -0.3 is 18.3 Å². The van der Waals surface area contributed by atoms with Crippen molar-refractivity contribution in [2.75, 3.05) is 13.7 Å². The average molecular weight is 460 g/mol. The Morgan fingerprint density at radius 1 is 1.12 bits per heavy atom. The van der Waals surface area contributed by atoms with E-state index in [9.17, 15) is 9.59 Å². The number of nitrogens with zero attached hydrogens (tertiary/aromatic N) is 2. The number of hydrazone groups is 1. The number of allylic oxidation sites excluding steroid dienone is 1. The van der Waals surface area contributed by atoms with E-state index in [-0.39, 0.29) is 5.92 Å². The molecule has 2 atom stereocenters. The molecule has 1 saturated carbocycles. The maximum atomic E-state index is 13.2. The van der Waals surface area contributed by atoms with Crippen molar-refractivity contribution in [2.45, 2.75) is 25.3 Å². The molecule has 0 saturated heterocycles. The number of methoxy groups -OCH3 is 1. The molecule has 1 fully saturated rings. The van der Waals surface area contributed by atoms with Gasteiger partial charge in [0.05, 0.1) is 30.9 Å². The second-order valence-corrected chi connectivity index (χ2v) is 8.17. The number of fused-ring (bicyclic) bond motifs is 1. The van der Waals surface area contributed by atoms with Gasteiger partial charge in [0.25, 0.3) is 5.91 Å². The van der Waals surface area contributed by atoms with Crippen LogP contribution in [0.1, 0.15) is 47.2 Å². The van der Waals surface area contributed by atoms with Crippen LogP contribution in [0.3, 0.4) is 0 Å². The van der Waals surface area contributed by atoms with Crippen molar-refractivity contribution < 1.29 is 27.9 Å². The minimum Gasteiger partial charge on any atom is -0.497 e. The molecule has 34 heavy (non-hydrogen) atoms. The lowest BCUT2D eigenvalue weighted by atomic mass is 9.79. The highest BCUT2D eigenvalue weighted by atomic mass is 16.5. The molecule has 0 bridgehead atoms. The van der Waals surface area contributed by atoms with Crippen LogP contribution in [0.5, 0.6) is 5.75 Å². The van der Waals surface area contributed by atoms with E-state index in [0.29, 0.717) is 17.1 Å². The van der Waals surface area contributed by atoms with Gasteiger partial charge in [0.15, 0.2) is 6.61 Å². The highest BCUT2D eigenvalue weighted by molar-refractivity contribution is 6.08. The van der Waals surface area contributed by atoms with Crippen LogP contribution >= 0.6 is 0 Å². The van der Waals surface area contributed by atoms with Gasteiger partial charge in [0.2, 0.25) is 0 Å². The van der Waals surface area contributed by atoms with Crippen LogP contribution in [0, 0.1) is 5.92 Å². The predicted octanol–water partition coefficient (Wildman–Crippen LogP) is 4.86. The molecular formula is C26H24N2O6. The van der Waals surface area contributed by atoms with Crippen LogP contribution in [-0.4, -0.2) is 36.3 Å². The summed E-state index contributed by atoms with van der Waals surface area (Å²) in [6, 6.07) is 13.5. The van der Waals surface area contributed by atoms with E-state index in [1.54, 1.807) is 50.0 Å². The molecular weight excluding hydrogens is 436 g/mol. The lowest BCUT2D eigenvalue weighted by Gasteiger charge is -2.27. The monoisotopic (exact) mass is 460 g/mol. The Morgan fingerprint density at radius 2 is 1.91 bits per heavy atom. The minimum absolute atomic E-state index is 0.0117. The van der Waals surface area contributed by atoms with E-state index in [2.05, 4.69) is 0 Å². The molecule has 5 rings (SSSR count). The third kappa shape index (κ3) is 4.26. The van der Waals surface area contributed by atoms with Crippen LogP contribution in [0.2, 0.25) is 0 Å². The molecule has 1 amide bonds. The maximum Gasteiger partial charge on any atom is 0.338 e. The van der Waals surface area contributed by atoms with Crippen molar-refractivity contribution in [1.82, 2.24) is 5.01 Å². The zero-order chi connectivity index (χ0) is 23.5. The van der Waals surface area contributed by atoms with Crippen LogP contribution in [0.25, 0.3) is 6.08 Å². The molecule has 8 heteroatoms. The number of esters is 1. The average Bonchev–Trinajstić information content (AvgIpc) is 3.63. The fourth-order valence-corrected chi connectivity index (χ4v) is 4.49. The summed E-state index contributed by atoms with van der Waals surface area (Å²) in [6.07, 6.45) is 7.86. The van der Waals surface area contributed by atoms with Gasteiger partial charge >= 0.3 is 5.97 Å². The maximum absolute atomic E-state index is 13.2. The number of amides is 1. The van der Waals surface area contributed by atoms with Crippen molar-refractivity contribution in [3.05, 3.63) is 83.7 Å². The van der Waals surface area contributed by atoms with Crippen molar-refractivity contribution in [2.24, 2.45) is 11.0 Å². The lowest BCUT2D eigenvalue weighted by molar-refractivity contribution is -0.137. The topological polar surface area (TPSA) is 94.5 Å². The standard InChI is InChI=1S/C26H24N2O6/c1-31-19-11-9-17(10-12-19)26(30)34-16-23(29)28-25(22-8-4-14-33-22)21-7-2-5-18(24(21)27-28)15-20-6-3-13-32-20/h3-4,6,8-15,21,25H,2,5,7,16H2,1H3. The van der Waals surface area contributed by atoms with Crippen molar-refractivity contribution in [3.8, 4) is 5.75 Å². The van der Waals surface area contributed by atoms with Gasteiger partial charge in [0, 0.05) is 5.92 Å². The Morgan fingerprint density at radius 3 is 2.62 bits per heavy atom. The van der Waals surface area contributed by atoms with Gasteiger partial charge in [-0.25, -0.2) is 9.80 Å². The summed E-state index contributed by atoms with van der Waals surface area (Å²) in [5.74, 6) is 1.00. The number of rotatable bonds is 6. The number of furan rings is 2. The number of hydrogen-bond acceptors (Lipinski definition) is 7. The number of carbonyl (C=O) groups is 2. The van der Waals surface area contributed by atoms with Crippen LogP contribution in [0.15, 0.2) is 80.6 Å². The van der Waals surface area contributed by atoms with Crippen LogP contribution in [0.4, 0.5) is 0 Å². The summed E-state index contributed by atoms with van der Waals surface area (Å²) >= 11 is 0. The van der Waals surface area contributed by atoms with Crippen LogP contribution in [-0.2, 0) is 9.53 Å². The number of carbonyl (C=O) groups excluding carboxylic acids is 2. The third-order valence-corrected chi connectivity index (χ3v) is 6.10. The minimum atomic E-state index is -0.590. The normalized spacial score (nSPS) is 20.7. The molecule has 1 aliphatic carbocycles. The fourth-order valence-electron chi connectivity index (χ4n) is 4.49. The zero-order valence-corrected chi connectivity index (χ0v) is 18.7. The summed E-state index contributed by atoms with van der Waals surface area (Å²) < 4.78 is 21.6. The van der Waals surface area contributed by atoms with Crippen LogP contribution < -0.4 is 4.74 Å². The highest BCUT2D eigenvalue weighted by Gasteiger charge is 2.45. The fraction of sp³-hybridized carbons (Fsp3) is 0.269. The Kier molecular flexibility index (Phi) is 6.03. The largest absolute Gasteiger partial charge is 0.497 e. The molecule has 174 valence electrons. The second-order valence-electron chi connectivity index (χ2n) is 8.17. The Hall–Kier alpha value is -4.07. The molecule has 3 aromatic rings. The molecule has 2 unspecified atom stereocenters. The first-order chi connectivity index (χ1) is 16.6. The van der Waals surface area contributed by atoms with Crippen molar-refractivity contribution in [1.29, 1.82) is 0 Å². The summed E-state index contributed by atoms with van der Waals surface area (Å²) in [7, 11) is 1.55. The first kappa shape index (κ1) is 21.8. The Bertz CT molecular complexity index is 1210. The van der Waals surface area contributed by atoms with E-state index >= 15 is 0 Å². The van der Waals surface area contributed by atoms with E-state index < -0.39 is 24.5 Å². The van der Waals surface area contributed by atoms with Gasteiger partial charge in [-0.2, -0.15) is 5.10 Å². The van der Waals surface area contributed by atoms with Crippen molar-refractivity contribution >= 4 is 23.7 Å². The Labute approximate surface area is 196 Å². The zero-order valence-electron chi connectivity index (χ0n) is 18.7. The smallest absolute Gasteiger partial charge is 0.338 e. The summed E-state index contributed by atoms with van der Waals surface area (Å²) in [6.45, 7) is -0.428. The quantitative estimate of drug-likeness (QED) is 0.488. The van der Waals surface area contributed by atoms with E-state index in [1.807, 2.05) is 24.3 Å². The summed E-state index contributed by atoms with van der Waals surface area (Å²) in [5.41, 5.74) is 2.22. The van der Waals surface area contributed by atoms with E-state index in [0.717, 1.165) is 36.3 Å². The third-order valence-electron chi connectivity index (χ3n) is 6.10. The number of hydrogen-bond donors (Lipinski definition) is 0.